The van der Waals surface area contributed by atoms with E-state index in [0.717, 1.165) is 69.5 Å². The molecule has 0 spiro atoms. The number of aliphatic imine (C=N–C) groups is 1. The van der Waals surface area contributed by atoms with E-state index in [1.54, 1.807) is 13.3 Å². The van der Waals surface area contributed by atoms with Gasteiger partial charge in [-0.3, -0.25) is 4.99 Å². The number of ether oxygens (including phenoxy) is 2. The van der Waals surface area contributed by atoms with Gasteiger partial charge in [0.05, 0.1) is 12.2 Å². The average Bonchev–Trinajstić information content (AvgIpc) is 3.23. The molecule has 0 amide bonds. The molecule has 0 saturated carbocycles. The highest BCUT2D eigenvalue weighted by Gasteiger charge is 2.13. The Hall–Kier alpha value is -1.65. The van der Waals surface area contributed by atoms with Crippen molar-refractivity contribution in [3.63, 3.8) is 0 Å². The topological polar surface area (TPSA) is 80.9 Å². The number of benzene rings is 1. The van der Waals surface area contributed by atoms with Crippen LogP contribution in [0.2, 0.25) is 0 Å². The first-order valence-corrected chi connectivity index (χ1v) is 9.95. The van der Waals surface area contributed by atoms with Gasteiger partial charge in [0.1, 0.15) is 6.26 Å². The van der Waals surface area contributed by atoms with Crippen LogP contribution in [0.15, 0.2) is 46.0 Å². The van der Waals surface area contributed by atoms with Gasteiger partial charge in [0.25, 0.3) is 0 Å². The van der Waals surface area contributed by atoms with Crippen LogP contribution >= 0.6 is 24.0 Å². The number of nitrogens with zero attached hydrogens (tertiary/aromatic N) is 2. The highest BCUT2D eigenvalue weighted by atomic mass is 127. The number of halogens is 1. The summed E-state index contributed by atoms with van der Waals surface area (Å²) >= 11 is 0. The van der Waals surface area contributed by atoms with Crippen LogP contribution in [0, 0.1) is 5.92 Å². The van der Waals surface area contributed by atoms with Gasteiger partial charge in [0.2, 0.25) is 5.89 Å². The molecule has 1 aromatic heterocycles. The molecule has 160 valence electrons. The predicted molar refractivity (Wildman–Crippen MR) is 125 cm³/mol. The van der Waals surface area contributed by atoms with E-state index in [1.807, 2.05) is 30.3 Å². The number of guanidine groups is 1. The van der Waals surface area contributed by atoms with E-state index in [4.69, 9.17) is 13.9 Å². The van der Waals surface area contributed by atoms with Crippen molar-refractivity contribution in [2.75, 3.05) is 40.0 Å². The third kappa shape index (κ3) is 8.31. The number of hydrogen-bond donors (Lipinski definition) is 2. The summed E-state index contributed by atoms with van der Waals surface area (Å²) in [7, 11) is 1.76. The molecule has 8 heteroatoms. The number of hydrogen-bond acceptors (Lipinski definition) is 5. The van der Waals surface area contributed by atoms with Crippen molar-refractivity contribution < 1.29 is 13.9 Å². The maximum Gasteiger partial charge on any atom is 0.226 e. The molecule has 0 aliphatic carbocycles. The Kier molecular flexibility index (Phi) is 11.0. The zero-order valence-electron chi connectivity index (χ0n) is 16.9. The highest BCUT2D eigenvalue weighted by Crippen LogP contribution is 2.17. The molecular weight excluding hydrogens is 483 g/mol. The van der Waals surface area contributed by atoms with Crippen LogP contribution in [-0.4, -0.2) is 51.0 Å². The standard InChI is InChI=1S/C21H30N4O3.HI/c1-22-21(23-10-5-11-27-15-17-8-12-26-13-9-17)24-14-19-16-28-20(25-19)18-6-3-2-4-7-18;/h2-4,6-7,16-17H,5,8-15H2,1H3,(H2,22,23,24);1H. The van der Waals surface area contributed by atoms with Crippen molar-refractivity contribution in [3.8, 4) is 11.5 Å². The molecule has 1 aliphatic heterocycles. The normalized spacial score (nSPS) is 15.0. The van der Waals surface area contributed by atoms with Crippen LogP contribution < -0.4 is 10.6 Å². The molecule has 0 unspecified atom stereocenters. The van der Waals surface area contributed by atoms with Gasteiger partial charge in [-0.15, -0.1) is 24.0 Å². The minimum Gasteiger partial charge on any atom is -0.444 e. The smallest absolute Gasteiger partial charge is 0.226 e. The Morgan fingerprint density at radius 2 is 2.00 bits per heavy atom. The molecule has 1 aromatic carbocycles. The van der Waals surface area contributed by atoms with E-state index >= 15 is 0 Å². The van der Waals surface area contributed by atoms with E-state index in [0.29, 0.717) is 18.4 Å². The Bertz CT molecular complexity index is 718. The fraction of sp³-hybridized carbons (Fsp3) is 0.524. The van der Waals surface area contributed by atoms with E-state index in [2.05, 4.69) is 20.6 Å². The molecule has 2 heterocycles. The second kappa shape index (κ2) is 13.6. The SMILES string of the molecule is CN=C(NCCCOCC1CCOCC1)NCc1coc(-c2ccccc2)n1.I. The maximum atomic E-state index is 5.78. The van der Waals surface area contributed by atoms with Crippen LogP contribution in [0.4, 0.5) is 0 Å². The molecule has 0 atom stereocenters. The van der Waals surface area contributed by atoms with Crippen LogP contribution in [0.25, 0.3) is 11.5 Å². The first-order valence-electron chi connectivity index (χ1n) is 9.95. The van der Waals surface area contributed by atoms with Crippen molar-refractivity contribution >= 4 is 29.9 Å². The number of rotatable bonds is 9. The lowest BCUT2D eigenvalue weighted by molar-refractivity contribution is 0.0203. The van der Waals surface area contributed by atoms with Gasteiger partial charge in [0, 0.05) is 45.6 Å². The van der Waals surface area contributed by atoms with E-state index < -0.39 is 0 Å². The van der Waals surface area contributed by atoms with Crippen LogP contribution in [-0.2, 0) is 16.0 Å². The summed E-state index contributed by atoms with van der Waals surface area (Å²) in [6.07, 6.45) is 4.84. The first kappa shape index (κ1) is 23.6. The molecule has 2 N–H and O–H groups in total. The minimum atomic E-state index is 0. The summed E-state index contributed by atoms with van der Waals surface area (Å²) in [5, 5.41) is 6.55. The summed E-state index contributed by atoms with van der Waals surface area (Å²) in [6, 6.07) is 9.87. The van der Waals surface area contributed by atoms with Gasteiger partial charge in [-0.2, -0.15) is 0 Å². The lowest BCUT2D eigenvalue weighted by Gasteiger charge is -2.21. The molecule has 29 heavy (non-hydrogen) atoms. The number of nitrogens with one attached hydrogen (secondary N) is 2. The lowest BCUT2D eigenvalue weighted by Crippen LogP contribution is -2.37. The summed E-state index contributed by atoms with van der Waals surface area (Å²) in [5.41, 5.74) is 1.80. The molecule has 1 aliphatic rings. The second-order valence-electron chi connectivity index (χ2n) is 6.85. The molecule has 7 nitrogen and oxygen atoms in total. The third-order valence-electron chi connectivity index (χ3n) is 4.69. The fourth-order valence-electron chi connectivity index (χ4n) is 3.04. The van der Waals surface area contributed by atoms with Crippen molar-refractivity contribution in [1.29, 1.82) is 0 Å². The summed E-state index contributed by atoms with van der Waals surface area (Å²) < 4.78 is 16.7. The highest BCUT2D eigenvalue weighted by molar-refractivity contribution is 14.0. The van der Waals surface area contributed by atoms with E-state index in [1.165, 1.54) is 0 Å². The Morgan fingerprint density at radius 1 is 1.21 bits per heavy atom. The largest absolute Gasteiger partial charge is 0.444 e. The molecule has 0 bridgehead atoms. The van der Waals surface area contributed by atoms with Gasteiger partial charge >= 0.3 is 0 Å². The van der Waals surface area contributed by atoms with Crippen molar-refractivity contribution in [3.05, 3.63) is 42.3 Å². The van der Waals surface area contributed by atoms with Crippen LogP contribution in [0.5, 0.6) is 0 Å². The summed E-state index contributed by atoms with van der Waals surface area (Å²) in [6.45, 7) is 4.70. The Morgan fingerprint density at radius 3 is 2.76 bits per heavy atom. The van der Waals surface area contributed by atoms with Crippen molar-refractivity contribution in [2.45, 2.75) is 25.8 Å². The Labute approximate surface area is 189 Å². The van der Waals surface area contributed by atoms with Crippen LogP contribution in [0.3, 0.4) is 0 Å². The molecule has 1 fully saturated rings. The molecule has 0 radical (unpaired) electrons. The molecule has 2 aromatic rings. The third-order valence-corrected chi connectivity index (χ3v) is 4.69. The average molecular weight is 514 g/mol. The van der Waals surface area contributed by atoms with Gasteiger partial charge in [0.15, 0.2) is 5.96 Å². The zero-order chi connectivity index (χ0) is 19.4. The van der Waals surface area contributed by atoms with Gasteiger partial charge in [-0.05, 0) is 37.3 Å². The maximum absolute atomic E-state index is 5.78. The summed E-state index contributed by atoms with van der Waals surface area (Å²) in [5.74, 6) is 2.02. The number of oxazole rings is 1. The second-order valence-corrected chi connectivity index (χ2v) is 6.85. The zero-order valence-corrected chi connectivity index (χ0v) is 19.3. The molecular formula is C21H31IN4O3. The van der Waals surface area contributed by atoms with Crippen LogP contribution in [0.1, 0.15) is 25.0 Å². The monoisotopic (exact) mass is 514 g/mol. The van der Waals surface area contributed by atoms with Crippen molar-refractivity contribution in [1.82, 2.24) is 15.6 Å². The van der Waals surface area contributed by atoms with Gasteiger partial charge < -0.3 is 24.5 Å². The number of aromatic nitrogens is 1. The van der Waals surface area contributed by atoms with Gasteiger partial charge in [-0.25, -0.2) is 4.98 Å². The van der Waals surface area contributed by atoms with Crippen molar-refractivity contribution in [2.24, 2.45) is 10.9 Å². The summed E-state index contributed by atoms with van der Waals surface area (Å²) in [4.78, 5) is 8.75. The quantitative estimate of drug-likeness (QED) is 0.231. The van der Waals surface area contributed by atoms with Gasteiger partial charge in [-0.1, -0.05) is 18.2 Å². The lowest BCUT2D eigenvalue weighted by atomic mass is 10.0. The molecule has 3 rings (SSSR count). The molecule has 1 saturated heterocycles. The first-order chi connectivity index (χ1) is 13.8. The minimum absolute atomic E-state index is 0. The van der Waals surface area contributed by atoms with E-state index in [-0.39, 0.29) is 24.0 Å². The van der Waals surface area contributed by atoms with E-state index in [9.17, 15) is 0 Å². The predicted octanol–water partition coefficient (Wildman–Crippen LogP) is 3.46. The Balaban J connectivity index is 0.00000300. The fourth-order valence-corrected chi connectivity index (χ4v) is 3.04.